The lowest BCUT2D eigenvalue weighted by Crippen LogP contribution is -2.12. The summed E-state index contributed by atoms with van der Waals surface area (Å²) in [5.41, 5.74) is 4.75. The van der Waals surface area contributed by atoms with E-state index >= 15 is 0 Å². The molecule has 0 fully saturated rings. The lowest BCUT2D eigenvalue weighted by molar-refractivity contribution is -0.114. The molecule has 0 spiro atoms. The molecule has 0 saturated heterocycles. The number of carbonyl (C=O) groups excluding carboxylic acids is 2. The Balaban J connectivity index is 1.41. The summed E-state index contributed by atoms with van der Waals surface area (Å²) < 4.78 is 0. The van der Waals surface area contributed by atoms with Gasteiger partial charge in [-0.25, -0.2) is 9.97 Å². The van der Waals surface area contributed by atoms with Crippen LogP contribution in [-0.4, -0.2) is 26.6 Å². The van der Waals surface area contributed by atoms with Crippen LogP contribution in [0.4, 0.5) is 5.69 Å². The maximum atomic E-state index is 12.6. The second kappa shape index (κ2) is 10.2. The standard InChI is InChI=1S/C27H22N4O2/c1-2-24(32)16-20-5-3-6-21(15-20)27(33)30-23-10-8-19(9-11-23)17-26-29-14-12-25(31-26)22-7-4-13-28-18-22/h2-15,18H,1,16-17H2,(H,30,33). The first kappa shape index (κ1) is 21.8. The summed E-state index contributed by atoms with van der Waals surface area (Å²) in [6, 6.07) is 20.3. The molecule has 0 aliphatic rings. The van der Waals surface area contributed by atoms with Crippen LogP contribution in [0.15, 0.2) is 98.0 Å². The number of rotatable bonds is 8. The Kier molecular flexibility index (Phi) is 6.75. The Morgan fingerprint density at radius 1 is 0.939 bits per heavy atom. The van der Waals surface area contributed by atoms with Crippen molar-refractivity contribution in [2.75, 3.05) is 5.32 Å². The predicted molar refractivity (Wildman–Crippen MR) is 128 cm³/mol. The van der Waals surface area contributed by atoms with Gasteiger partial charge in [0.1, 0.15) is 5.82 Å². The Morgan fingerprint density at radius 3 is 2.55 bits per heavy atom. The normalized spacial score (nSPS) is 10.4. The van der Waals surface area contributed by atoms with Crippen molar-refractivity contribution in [3.05, 3.63) is 120 Å². The molecule has 0 atom stereocenters. The molecule has 162 valence electrons. The van der Waals surface area contributed by atoms with Crippen LogP contribution in [0.2, 0.25) is 0 Å². The van der Waals surface area contributed by atoms with Crippen LogP contribution in [0, 0.1) is 0 Å². The van der Waals surface area contributed by atoms with E-state index in [1.54, 1.807) is 36.8 Å². The molecule has 4 rings (SSSR count). The van der Waals surface area contributed by atoms with E-state index in [2.05, 4.69) is 26.8 Å². The number of benzene rings is 2. The van der Waals surface area contributed by atoms with Crippen LogP contribution in [0.5, 0.6) is 0 Å². The number of pyridine rings is 1. The first-order valence-corrected chi connectivity index (χ1v) is 10.5. The average molecular weight is 434 g/mol. The van der Waals surface area contributed by atoms with Crippen molar-refractivity contribution in [1.82, 2.24) is 15.0 Å². The van der Waals surface area contributed by atoms with Crippen LogP contribution in [0.1, 0.15) is 27.3 Å². The van der Waals surface area contributed by atoms with Gasteiger partial charge in [0.2, 0.25) is 0 Å². The van der Waals surface area contributed by atoms with Crippen LogP contribution in [-0.2, 0) is 17.6 Å². The van der Waals surface area contributed by atoms with Crippen molar-refractivity contribution in [3.63, 3.8) is 0 Å². The maximum Gasteiger partial charge on any atom is 0.255 e. The number of aromatic nitrogens is 3. The summed E-state index contributed by atoms with van der Waals surface area (Å²) in [6.07, 6.45) is 7.33. The molecule has 2 heterocycles. The van der Waals surface area contributed by atoms with Crippen LogP contribution in [0.3, 0.4) is 0 Å². The smallest absolute Gasteiger partial charge is 0.255 e. The lowest BCUT2D eigenvalue weighted by atomic mass is 10.1. The zero-order valence-electron chi connectivity index (χ0n) is 17.9. The number of nitrogens with zero attached hydrogens (tertiary/aromatic N) is 3. The second-order valence-electron chi connectivity index (χ2n) is 7.48. The summed E-state index contributed by atoms with van der Waals surface area (Å²) in [4.78, 5) is 37.3. The minimum Gasteiger partial charge on any atom is -0.322 e. The third-order valence-corrected chi connectivity index (χ3v) is 5.03. The quantitative estimate of drug-likeness (QED) is 0.407. The summed E-state index contributed by atoms with van der Waals surface area (Å²) in [5.74, 6) is 0.389. The summed E-state index contributed by atoms with van der Waals surface area (Å²) in [5, 5.41) is 2.89. The molecule has 0 saturated carbocycles. The van der Waals surface area contributed by atoms with Gasteiger partial charge < -0.3 is 5.32 Å². The van der Waals surface area contributed by atoms with Crippen LogP contribution < -0.4 is 5.32 Å². The van der Waals surface area contributed by atoms with Crippen LogP contribution >= 0.6 is 0 Å². The van der Waals surface area contributed by atoms with E-state index in [-0.39, 0.29) is 18.1 Å². The molecule has 33 heavy (non-hydrogen) atoms. The van der Waals surface area contributed by atoms with Crippen molar-refractivity contribution in [1.29, 1.82) is 0 Å². The molecule has 0 aliphatic heterocycles. The molecule has 6 heteroatoms. The number of ketones is 1. The fourth-order valence-corrected chi connectivity index (χ4v) is 3.35. The van der Waals surface area contributed by atoms with Gasteiger partial charge >= 0.3 is 0 Å². The first-order valence-electron chi connectivity index (χ1n) is 10.5. The van der Waals surface area contributed by atoms with Gasteiger partial charge in [0, 0.05) is 48.2 Å². The number of nitrogens with one attached hydrogen (secondary N) is 1. The highest BCUT2D eigenvalue weighted by molar-refractivity contribution is 6.04. The molecule has 6 nitrogen and oxygen atoms in total. The number of hydrogen-bond acceptors (Lipinski definition) is 5. The Hall–Kier alpha value is -4.45. The third kappa shape index (κ3) is 5.83. The Morgan fingerprint density at radius 2 is 1.79 bits per heavy atom. The van der Waals surface area contributed by atoms with Gasteiger partial charge in [0.25, 0.3) is 5.91 Å². The monoisotopic (exact) mass is 434 g/mol. The number of carbonyl (C=O) groups is 2. The van der Waals surface area contributed by atoms with E-state index in [4.69, 9.17) is 0 Å². The van der Waals surface area contributed by atoms with Crippen molar-refractivity contribution < 1.29 is 9.59 Å². The summed E-state index contributed by atoms with van der Waals surface area (Å²) in [7, 11) is 0. The maximum absolute atomic E-state index is 12.6. The number of amides is 1. The van der Waals surface area contributed by atoms with E-state index in [1.807, 2.05) is 48.5 Å². The van der Waals surface area contributed by atoms with Crippen molar-refractivity contribution in [2.45, 2.75) is 12.8 Å². The fourth-order valence-electron chi connectivity index (χ4n) is 3.35. The summed E-state index contributed by atoms with van der Waals surface area (Å²) in [6.45, 7) is 3.48. The number of anilines is 1. The highest BCUT2D eigenvalue weighted by atomic mass is 16.1. The molecule has 2 aromatic heterocycles. The minimum atomic E-state index is -0.233. The van der Waals surface area contributed by atoms with Gasteiger partial charge in [0.05, 0.1) is 5.69 Å². The zero-order chi connectivity index (χ0) is 23.0. The molecule has 0 unspecified atom stereocenters. The van der Waals surface area contributed by atoms with E-state index in [0.717, 1.165) is 22.4 Å². The Bertz CT molecular complexity index is 1290. The van der Waals surface area contributed by atoms with Gasteiger partial charge in [-0.05, 0) is 59.7 Å². The van der Waals surface area contributed by atoms with Gasteiger partial charge in [0.15, 0.2) is 5.78 Å². The molecule has 0 radical (unpaired) electrons. The average Bonchev–Trinajstić information content (AvgIpc) is 2.86. The second-order valence-corrected chi connectivity index (χ2v) is 7.48. The largest absolute Gasteiger partial charge is 0.322 e. The zero-order valence-corrected chi connectivity index (χ0v) is 17.9. The molecule has 1 N–H and O–H groups in total. The van der Waals surface area contributed by atoms with Gasteiger partial charge in [-0.3, -0.25) is 14.6 Å². The molecular formula is C27H22N4O2. The van der Waals surface area contributed by atoms with Crippen LogP contribution in [0.25, 0.3) is 11.3 Å². The SMILES string of the molecule is C=CC(=O)Cc1cccc(C(=O)Nc2ccc(Cc3nccc(-c4cccnc4)n3)cc2)c1. The van der Waals surface area contributed by atoms with Crippen molar-refractivity contribution >= 4 is 17.4 Å². The summed E-state index contributed by atoms with van der Waals surface area (Å²) >= 11 is 0. The molecular weight excluding hydrogens is 412 g/mol. The van der Waals surface area contributed by atoms with E-state index in [0.29, 0.717) is 23.5 Å². The molecule has 1 amide bonds. The molecule has 2 aromatic carbocycles. The van der Waals surface area contributed by atoms with Crippen molar-refractivity contribution in [2.24, 2.45) is 0 Å². The number of allylic oxidation sites excluding steroid dienone is 1. The number of hydrogen-bond donors (Lipinski definition) is 1. The van der Waals surface area contributed by atoms with Gasteiger partial charge in [-0.15, -0.1) is 0 Å². The third-order valence-electron chi connectivity index (χ3n) is 5.03. The lowest BCUT2D eigenvalue weighted by Gasteiger charge is -2.08. The van der Waals surface area contributed by atoms with Gasteiger partial charge in [-0.2, -0.15) is 0 Å². The molecule has 0 aliphatic carbocycles. The molecule has 0 bridgehead atoms. The first-order chi connectivity index (χ1) is 16.1. The Labute approximate surface area is 192 Å². The topological polar surface area (TPSA) is 84.8 Å². The fraction of sp³-hybridized carbons (Fsp3) is 0.0741. The minimum absolute atomic E-state index is 0.0851. The van der Waals surface area contributed by atoms with E-state index in [9.17, 15) is 9.59 Å². The predicted octanol–water partition coefficient (Wildman–Crippen LogP) is 4.68. The highest BCUT2D eigenvalue weighted by Crippen LogP contribution is 2.17. The highest BCUT2D eigenvalue weighted by Gasteiger charge is 2.09. The molecule has 4 aromatic rings. The van der Waals surface area contributed by atoms with E-state index in [1.165, 1.54) is 6.08 Å². The van der Waals surface area contributed by atoms with E-state index < -0.39 is 0 Å². The van der Waals surface area contributed by atoms with Gasteiger partial charge in [-0.1, -0.05) is 30.8 Å². The van der Waals surface area contributed by atoms with Crippen molar-refractivity contribution in [3.8, 4) is 11.3 Å².